The Bertz CT molecular complexity index is 172. The van der Waals surface area contributed by atoms with Crippen molar-refractivity contribution in [2.75, 3.05) is 33.7 Å². The van der Waals surface area contributed by atoms with Gasteiger partial charge in [0, 0.05) is 25.2 Å². The predicted octanol–water partition coefficient (Wildman–Crippen LogP) is 2.69. The SMILES string of the molecule is CN(C)CCN(CC(C)(C)C)C(C)(C)C. The first kappa shape index (κ1) is 14.9. The fourth-order valence-corrected chi connectivity index (χ4v) is 1.54. The molecular weight excluding hydrogens is 184 g/mol. The summed E-state index contributed by atoms with van der Waals surface area (Å²) < 4.78 is 0. The molecule has 0 spiro atoms. The molecule has 0 saturated heterocycles. The molecule has 0 N–H and O–H groups in total. The Morgan fingerprint density at radius 3 is 1.53 bits per heavy atom. The van der Waals surface area contributed by atoms with E-state index in [9.17, 15) is 0 Å². The highest BCUT2D eigenvalue weighted by molar-refractivity contribution is 4.80. The van der Waals surface area contributed by atoms with Crippen LogP contribution in [0.5, 0.6) is 0 Å². The Morgan fingerprint density at radius 1 is 0.800 bits per heavy atom. The van der Waals surface area contributed by atoms with Gasteiger partial charge in [0.25, 0.3) is 0 Å². The molecule has 0 aromatic heterocycles. The molecule has 0 aromatic carbocycles. The molecular formula is C13H30N2. The predicted molar refractivity (Wildman–Crippen MR) is 69.3 cm³/mol. The summed E-state index contributed by atoms with van der Waals surface area (Å²) in [6, 6.07) is 0. The maximum absolute atomic E-state index is 2.58. The molecule has 0 saturated carbocycles. The van der Waals surface area contributed by atoms with Gasteiger partial charge in [-0.25, -0.2) is 0 Å². The summed E-state index contributed by atoms with van der Waals surface area (Å²) in [7, 11) is 4.27. The van der Waals surface area contributed by atoms with Crippen LogP contribution in [0.25, 0.3) is 0 Å². The normalized spacial score (nSPS) is 14.0. The molecule has 92 valence electrons. The van der Waals surface area contributed by atoms with E-state index in [0.717, 1.165) is 19.6 Å². The van der Waals surface area contributed by atoms with Gasteiger partial charge in [0.1, 0.15) is 0 Å². The zero-order valence-corrected chi connectivity index (χ0v) is 12.0. The standard InChI is InChI=1S/C13H30N2/c1-12(2,3)11-15(13(4,5)6)10-9-14(7)8/h9-11H2,1-8H3. The lowest BCUT2D eigenvalue weighted by Gasteiger charge is -2.40. The third kappa shape index (κ3) is 7.80. The van der Waals surface area contributed by atoms with Crippen molar-refractivity contribution in [2.24, 2.45) is 5.41 Å². The molecule has 0 aliphatic rings. The molecule has 0 atom stereocenters. The van der Waals surface area contributed by atoms with Crippen molar-refractivity contribution < 1.29 is 0 Å². The second kappa shape index (κ2) is 5.31. The van der Waals surface area contributed by atoms with Crippen LogP contribution in [0.4, 0.5) is 0 Å². The van der Waals surface area contributed by atoms with Gasteiger partial charge in [-0.2, -0.15) is 0 Å². The van der Waals surface area contributed by atoms with Gasteiger partial charge in [-0.15, -0.1) is 0 Å². The van der Waals surface area contributed by atoms with Crippen molar-refractivity contribution in [3.05, 3.63) is 0 Å². The van der Waals surface area contributed by atoms with Crippen LogP contribution in [0, 0.1) is 5.41 Å². The molecule has 0 unspecified atom stereocenters. The number of hydrogen-bond acceptors (Lipinski definition) is 2. The van der Waals surface area contributed by atoms with Crippen molar-refractivity contribution in [3.63, 3.8) is 0 Å². The second-order valence-electron chi connectivity index (χ2n) is 6.96. The molecule has 0 heterocycles. The molecule has 0 fully saturated rings. The molecule has 2 nitrogen and oxygen atoms in total. The summed E-state index contributed by atoms with van der Waals surface area (Å²) in [6.45, 7) is 17.3. The van der Waals surface area contributed by atoms with Crippen LogP contribution in [-0.4, -0.2) is 49.1 Å². The van der Waals surface area contributed by atoms with Crippen molar-refractivity contribution in [2.45, 2.75) is 47.1 Å². The lowest BCUT2D eigenvalue weighted by Crippen LogP contribution is -2.48. The monoisotopic (exact) mass is 214 g/mol. The van der Waals surface area contributed by atoms with Gasteiger partial charge in [-0.1, -0.05) is 20.8 Å². The van der Waals surface area contributed by atoms with E-state index in [4.69, 9.17) is 0 Å². The number of nitrogens with zero attached hydrogens (tertiary/aromatic N) is 2. The summed E-state index contributed by atoms with van der Waals surface area (Å²) in [4.78, 5) is 4.83. The fourth-order valence-electron chi connectivity index (χ4n) is 1.54. The molecule has 0 amide bonds. The minimum atomic E-state index is 0.267. The lowest BCUT2D eigenvalue weighted by atomic mass is 9.93. The van der Waals surface area contributed by atoms with Crippen LogP contribution in [0.15, 0.2) is 0 Å². The Hall–Kier alpha value is -0.0800. The topological polar surface area (TPSA) is 6.48 Å². The van der Waals surface area contributed by atoms with Gasteiger partial charge in [0.05, 0.1) is 0 Å². The van der Waals surface area contributed by atoms with Crippen LogP contribution in [0.3, 0.4) is 0 Å². The van der Waals surface area contributed by atoms with Crippen molar-refractivity contribution >= 4 is 0 Å². The Morgan fingerprint density at radius 2 is 1.27 bits per heavy atom. The first-order valence-corrected chi connectivity index (χ1v) is 5.92. The highest BCUT2D eigenvalue weighted by Crippen LogP contribution is 2.21. The van der Waals surface area contributed by atoms with E-state index in [2.05, 4.69) is 65.4 Å². The number of rotatable bonds is 4. The van der Waals surface area contributed by atoms with E-state index in [-0.39, 0.29) is 5.54 Å². The molecule has 0 aliphatic heterocycles. The number of likely N-dealkylation sites (N-methyl/N-ethyl adjacent to an activating group) is 1. The van der Waals surface area contributed by atoms with E-state index in [1.165, 1.54) is 0 Å². The molecule has 2 heteroatoms. The van der Waals surface area contributed by atoms with E-state index >= 15 is 0 Å². The van der Waals surface area contributed by atoms with Gasteiger partial charge >= 0.3 is 0 Å². The third-order valence-electron chi connectivity index (χ3n) is 2.43. The smallest absolute Gasteiger partial charge is 0.0125 e. The molecule has 0 aromatic rings. The first-order chi connectivity index (χ1) is 6.52. The first-order valence-electron chi connectivity index (χ1n) is 5.92. The maximum Gasteiger partial charge on any atom is 0.0125 e. The average molecular weight is 214 g/mol. The fraction of sp³-hybridized carbons (Fsp3) is 1.00. The third-order valence-corrected chi connectivity index (χ3v) is 2.43. The Balaban J connectivity index is 4.34. The van der Waals surface area contributed by atoms with Crippen molar-refractivity contribution in [3.8, 4) is 0 Å². The van der Waals surface area contributed by atoms with E-state index in [1.54, 1.807) is 0 Å². The summed E-state index contributed by atoms with van der Waals surface area (Å²) in [5, 5.41) is 0. The highest BCUT2D eigenvalue weighted by atomic mass is 15.2. The van der Waals surface area contributed by atoms with Crippen LogP contribution in [0.2, 0.25) is 0 Å². The van der Waals surface area contributed by atoms with Crippen molar-refractivity contribution in [1.29, 1.82) is 0 Å². The summed E-state index contributed by atoms with van der Waals surface area (Å²) >= 11 is 0. The van der Waals surface area contributed by atoms with Crippen molar-refractivity contribution in [1.82, 2.24) is 9.80 Å². The summed E-state index contributed by atoms with van der Waals surface area (Å²) in [5.41, 5.74) is 0.642. The van der Waals surface area contributed by atoms with Gasteiger partial charge in [-0.3, -0.25) is 4.90 Å². The molecule has 15 heavy (non-hydrogen) atoms. The molecule has 0 rings (SSSR count). The van der Waals surface area contributed by atoms with Gasteiger partial charge in [0.15, 0.2) is 0 Å². The Labute approximate surface area is 96.6 Å². The zero-order valence-electron chi connectivity index (χ0n) is 12.0. The summed E-state index contributed by atoms with van der Waals surface area (Å²) in [6.07, 6.45) is 0. The maximum atomic E-state index is 2.58. The summed E-state index contributed by atoms with van der Waals surface area (Å²) in [5.74, 6) is 0. The van der Waals surface area contributed by atoms with Gasteiger partial charge < -0.3 is 4.90 Å². The molecule has 0 bridgehead atoms. The quantitative estimate of drug-likeness (QED) is 0.710. The molecule has 0 aliphatic carbocycles. The number of hydrogen-bond donors (Lipinski definition) is 0. The van der Waals surface area contributed by atoms with Crippen LogP contribution in [0.1, 0.15) is 41.5 Å². The van der Waals surface area contributed by atoms with E-state index in [1.807, 2.05) is 0 Å². The average Bonchev–Trinajstić information content (AvgIpc) is 1.93. The van der Waals surface area contributed by atoms with Crippen LogP contribution in [-0.2, 0) is 0 Å². The lowest BCUT2D eigenvalue weighted by molar-refractivity contribution is 0.0838. The minimum Gasteiger partial charge on any atom is -0.308 e. The molecule has 0 radical (unpaired) electrons. The largest absolute Gasteiger partial charge is 0.308 e. The van der Waals surface area contributed by atoms with E-state index in [0.29, 0.717) is 5.41 Å². The van der Waals surface area contributed by atoms with Crippen LogP contribution >= 0.6 is 0 Å². The van der Waals surface area contributed by atoms with Gasteiger partial charge in [0.2, 0.25) is 0 Å². The second-order valence-corrected chi connectivity index (χ2v) is 6.96. The zero-order chi connectivity index (χ0) is 12.3. The highest BCUT2D eigenvalue weighted by Gasteiger charge is 2.25. The van der Waals surface area contributed by atoms with Gasteiger partial charge in [-0.05, 0) is 40.3 Å². The van der Waals surface area contributed by atoms with E-state index < -0.39 is 0 Å². The Kier molecular flexibility index (Phi) is 5.28. The van der Waals surface area contributed by atoms with Crippen LogP contribution < -0.4 is 0 Å². The minimum absolute atomic E-state index is 0.267.